The van der Waals surface area contributed by atoms with Crippen LogP contribution in [-0.4, -0.2) is 15.2 Å². The lowest BCUT2D eigenvalue weighted by Crippen LogP contribution is -1.91. The quantitative estimate of drug-likeness (QED) is 0.439. The summed E-state index contributed by atoms with van der Waals surface area (Å²) in [5.41, 5.74) is 5.09. The van der Waals surface area contributed by atoms with Crippen molar-refractivity contribution in [3.05, 3.63) is 12.3 Å². The Labute approximate surface area is 40.1 Å². The van der Waals surface area contributed by atoms with Crippen LogP contribution >= 0.6 is 0 Å². The van der Waals surface area contributed by atoms with Crippen molar-refractivity contribution >= 4 is 5.82 Å². The largest absolute Gasteiger partial charge is 0.412 e. The second-order valence-electron chi connectivity index (χ2n) is 1.16. The van der Waals surface area contributed by atoms with Gasteiger partial charge in [-0.25, -0.2) is 0 Å². The molecule has 0 aliphatic carbocycles. The van der Waals surface area contributed by atoms with E-state index in [0.717, 1.165) is 0 Å². The predicted octanol–water partition coefficient (Wildman–Crippen LogP) is -0.297. The van der Waals surface area contributed by atoms with Gasteiger partial charge in [0.15, 0.2) is 0 Å². The zero-order valence-electron chi connectivity index (χ0n) is 3.57. The molecule has 38 valence electrons. The second kappa shape index (κ2) is 1.14. The molecule has 0 aliphatic heterocycles. The highest BCUT2D eigenvalue weighted by Crippen LogP contribution is 1.90. The van der Waals surface area contributed by atoms with Crippen molar-refractivity contribution in [1.29, 1.82) is 0 Å². The number of hydrogen-bond donors (Lipinski definition) is 2. The van der Waals surface area contributed by atoms with Gasteiger partial charge in [0.1, 0.15) is 5.82 Å². The lowest BCUT2D eigenvalue weighted by atomic mass is 10.7. The predicted molar refractivity (Wildman–Crippen MR) is 23.8 cm³/mol. The number of anilines is 1. The molecule has 0 bridgehead atoms. The summed E-state index contributed by atoms with van der Waals surface area (Å²) >= 11 is 0. The highest BCUT2D eigenvalue weighted by molar-refractivity contribution is 5.23. The maximum atomic E-state index is 8.38. The van der Waals surface area contributed by atoms with Crippen molar-refractivity contribution in [2.45, 2.75) is 0 Å². The molecular weight excluding hydrogens is 94.1 g/mol. The summed E-state index contributed by atoms with van der Waals surface area (Å²) < 4.78 is 0. The summed E-state index contributed by atoms with van der Waals surface area (Å²) in [4.78, 5) is 0.662. The first-order valence-electron chi connectivity index (χ1n) is 1.79. The van der Waals surface area contributed by atoms with E-state index in [4.69, 9.17) is 10.9 Å². The summed E-state index contributed by atoms with van der Waals surface area (Å²) in [6.45, 7) is 0. The normalized spacial score (nSPS) is 9.14. The van der Waals surface area contributed by atoms with Crippen molar-refractivity contribution in [3.8, 4) is 0 Å². The van der Waals surface area contributed by atoms with Crippen molar-refractivity contribution in [3.63, 3.8) is 0 Å². The number of aromatic nitrogens is 2. The molecule has 0 aliphatic rings. The molecule has 7 heavy (non-hydrogen) atoms. The van der Waals surface area contributed by atoms with Crippen LogP contribution in [0.15, 0.2) is 12.3 Å². The number of nitrogens with two attached hydrogens (primary N) is 1. The summed E-state index contributed by atoms with van der Waals surface area (Å²) in [5, 5.41) is 11.7. The lowest BCUT2D eigenvalue weighted by Gasteiger charge is -1.79. The average molecular weight is 99.1 g/mol. The Morgan fingerprint density at radius 1 is 1.86 bits per heavy atom. The zero-order chi connectivity index (χ0) is 5.28. The van der Waals surface area contributed by atoms with Gasteiger partial charge in [-0.1, -0.05) is 0 Å². The molecule has 0 amide bonds. The molecule has 0 radical (unpaired) electrons. The summed E-state index contributed by atoms with van der Waals surface area (Å²) in [6.07, 6.45) is 1.36. The van der Waals surface area contributed by atoms with Crippen LogP contribution in [0.25, 0.3) is 0 Å². The van der Waals surface area contributed by atoms with Crippen LogP contribution in [0.2, 0.25) is 0 Å². The first-order valence-corrected chi connectivity index (χ1v) is 1.79. The molecule has 1 heterocycles. The van der Waals surface area contributed by atoms with E-state index in [9.17, 15) is 0 Å². The molecule has 0 fully saturated rings. The Hall–Kier alpha value is -1.19. The van der Waals surface area contributed by atoms with Gasteiger partial charge in [0.05, 0.1) is 6.20 Å². The van der Waals surface area contributed by atoms with Gasteiger partial charge in [-0.3, -0.25) is 0 Å². The van der Waals surface area contributed by atoms with Crippen molar-refractivity contribution in [2.75, 3.05) is 5.73 Å². The summed E-state index contributed by atoms with van der Waals surface area (Å²) in [6, 6.07) is 1.50. The minimum absolute atomic E-state index is 0.322. The molecule has 0 unspecified atom stereocenters. The minimum atomic E-state index is 0.322. The molecule has 1 aromatic rings. The van der Waals surface area contributed by atoms with Crippen molar-refractivity contribution in [1.82, 2.24) is 9.94 Å². The Morgan fingerprint density at radius 3 is 2.71 bits per heavy atom. The smallest absolute Gasteiger partial charge is 0.148 e. The van der Waals surface area contributed by atoms with Crippen LogP contribution in [0.4, 0.5) is 5.82 Å². The van der Waals surface area contributed by atoms with E-state index in [0.29, 0.717) is 10.7 Å². The molecule has 0 saturated heterocycles. The highest BCUT2D eigenvalue weighted by Gasteiger charge is 1.84. The number of nitrogens with zero attached hydrogens (tertiary/aromatic N) is 2. The standard InChI is InChI=1S/C3H5N3O/c4-3-1-2-6(7)5-3/h1-2,7H,(H2,4,5). The molecule has 3 N–H and O–H groups in total. The van der Waals surface area contributed by atoms with Crippen LogP contribution in [-0.2, 0) is 0 Å². The van der Waals surface area contributed by atoms with Gasteiger partial charge in [0, 0.05) is 6.07 Å². The van der Waals surface area contributed by atoms with Crippen molar-refractivity contribution < 1.29 is 5.21 Å². The SMILES string of the molecule is Nc1ccn(O)n1. The summed E-state index contributed by atoms with van der Waals surface area (Å²) in [5.74, 6) is 0.322. The van der Waals surface area contributed by atoms with Gasteiger partial charge in [-0.2, -0.15) is 0 Å². The Morgan fingerprint density at radius 2 is 2.57 bits per heavy atom. The Balaban J connectivity index is 3.04. The van der Waals surface area contributed by atoms with Crippen LogP contribution in [0.3, 0.4) is 0 Å². The topological polar surface area (TPSA) is 64.1 Å². The molecule has 1 aromatic heterocycles. The molecule has 0 atom stereocenters. The second-order valence-corrected chi connectivity index (χ2v) is 1.16. The van der Waals surface area contributed by atoms with Gasteiger partial charge < -0.3 is 10.9 Å². The molecule has 0 aromatic carbocycles. The molecule has 0 saturated carbocycles. The third kappa shape index (κ3) is 0.623. The van der Waals surface area contributed by atoms with E-state index in [-0.39, 0.29) is 0 Å². The van der Waals surface area contributed by atoms with Crippen molar-refractivity contribution in [2.24, 2.45) is 0 Å². The van der Waals surface area contributed by atoms with Gasteiger partial charge in [-0.15, -0.1) is 9.94 Å². The fourth-order valence-corrected chi connectivity index (χ4v) is 0.328. The van der Waals surface area contributed by atoms with Gasteiger partial charge in [0.2, 0.25) is 0 Å². The van der Waals surface area contributed by atoms with E-state index in [1.807, 2.05) is 0 Å². The third-order valence-electron chi connectivity index (χ3n) is 0.597. The number of rotatable bonds is 0. The van der Waals surface area contributed by atoms with Crippen LogP contribution in [0, 0.1) is 0 Å². The highest BCUT2D eigenvalue weighted by atomic mass is 16.5. The zero-order valence-corrected chi connectivity index (χ0v) is 3.57. The lowest BCUT2D eigenvalue weighted by molar-refractivity contribution is 0.150. The first-order chi connectivity index (χ1) is 3.29. The van der Waals surface area contributed by atoms with Gasteiger partial charge in [-0.05, 0) is 0 Å². The average Bonchev–Trinajstić information content (AvgIpc) is 1.87. The molecule has 4 nitrogen and oxygen atoms in total. The molecule has 0 spiro atoms. The molecule has 4 heteroatoms. The monoisotopic (exact) mass is 99.0 g/mol. The van der Waals surface area contributed by atoms with Gasteiger partial charge >= 0.3 is 0 Å². The number of hydrogen-bond acceptors (Lipinski definition) is 3. The van der Waals surface area contributed by atoms with Crippen LogP contribution in [0.1, 0.15) is 0 Å². The fraction of sp³-hybridized carbons (Fsp3) is 0. The Kier molecular flexibility index (Phi) is 0.651. The van der Waals surface area contributed by atoms with E-state index in [1.54, 1.807) is 0 Å². The fourth-order valence-electron chi connectivity index (χ4n) is 0.328. The molecular formula is C3H5N3O. The van der Waals surface area contributed by atoms with Crippen LogP contribution in [0.5, 0.6) is 0 Å². The maximum Gasteiger partial charge on any atom is 0.148 e. The maximum absolute atomic E-state index is 8.38. The number of nitrogen functional groups attached to an aromatic ring is 1. The summed E-state index contributed by atoms with van der Waals surface area (Å²) in [7, 11) is 0. The Bertz CT molecular complexity index is 142. The van der Waals surface area contributed by atoms with E-state index < -0.39 is 0 Å². The minimum Gasteiger partial charge on any atom is -0.412 e. The van der Waals surface area contributed by atoms with E-state index in [1.165, 1.54) is 12.3 Å². The third-order valence-corrected chi connectivity index (χ3v) is 0.597. The van der Waals surface area contributed by atoms with Gasteiger partial charge in [0.25, 0.3) is 0 Å². The molecule has 1 rings (SSSR count). The van der Waals surface area contributed by atoms with E-state index in [2.05, 4.69) is 5.10 Å². The van der Waals surface area contributed by atoms with Crippen LogP contribution < -0.4 is 5.73 Å². The van der Waals surface area contributed by atoms with E-state index >= 15 is 0 Å². The first kappa shape index (κ1) is 3.98.